The van der Waals surface area contributed by atoms with E-state index in [1.54, 1.807) is 6.20 Å². The molecule has 2 aromatic rings. The molecule has 96 valence electrons. The van der Waals surface area contributed by atoms with E-state index in [0.29, 0.717) is 6.42 Å². The maximum absolute atomic E-state index is 11.0. The van der Waals surface area contributed by atoms with E-state index in [9.17, 15) is 5.11 Å². The first-order chi connectivity index (χ1) is 8.61. The quantitative estimate of drug-likeness (QED) is 0.941. The second-order valence-electron chi connectivity index (χ2n) is 4.26. The molecule has 1 heterocycles. The Kier molecular flexibility index (Phi) is 3.88. The maximum atomic E-state index is 11.0. The summed E-state index contributed by atoms with van der Waals surface area (Å²) in [4.78, 5) is 0. The SMILES string of the molecule is CCn1nccc1C(O)(CC)c1cccc(Br)c1. The first kappa shape index (κ1) is 13.3. The van der Waals surface area contributed by atoms with Crippen LogP contribution in [0.4, 0.5) is 0 Å². The molecule has 1 atom stereocenters. The molecule has 1 N–H and O–H groups in total. The molecule has 3 nitrogen and oxygen atoms in total. The molecule has 0 radical (unpaired) electrons. The summed E-state index contributed by atoms with van der Waals surface area (Å²) in [6, 6.07) is 9.68. The van der Waals surface area contributed by atoms with Crippen LogP contribution in [0.2, 0.25) is 0 Å². The van der Waals surface area contributed by atoms with Crippen molar-refractivity contribution in [1.29, 1.82) is 0 Å². The van der Waals surface area contributed by atoms with Gasteiger partial charge in [0.15, 0.2) is 0 Å². The number of hydrogen-bond donors (Lipinski definition) is 1. The highest BCUT2D eigenvalue weighted by atomic mass is 79.9. The van der Waals surface area contributed by atoms with Gasteiger partial charge in [0.25, 0.3) is 0 Å². The normalized spacial score (nSPS) is 14.4. The Morgan fingerprint density at radius 3 is 2.72 bits per heavy atom. The molecule has 0 spiro atoms. The number of hydrogen-bond acceptors (Lipinski definition) is 2. The van der Waals surface area contributed by atoms with Gasteiger partial charge in [0.1, 0.15) is 5.60 Å². The Morgan fingerprint density at radius 1 is 1.33 bits per heavy atom. The monoisotopic (exact) mass is 308 g/mol. The predicted molar refractivity (Wildman–Crippen MR) is 75.3 cm³/mol. The number of nitrogens with zero attached hydrogens (tertiary/aromatic N) is 2. The number of aromatic nitrogens is 2. The zero-order chi connectivity index (χ0) is 13.2. The van der Waals surface area contributed by atoms with Gasteiger partial charge >= 0.3 is 0 Å². The van der Waals surface area contributed by atoms with Crippen LogP contribution in [0.15, 0.2) is 41.0 Å². The molecule has 0 fully saturated rings. The van der Waals surface area contributed by atoms with Crippen LogP contribution in [0.25, 0.3) is 0 Å². The van der Waals surface area contributed by atoms with E-state index >= 15 is 0 Å². The van der Waals surface area contributed by atoms with Crippen molar-refractivity contribution in [3.05, 3.63) is 52.3 Å². The number of aryl methyl sites for hydroxylation is 1. The van der Waals surface area contributed by atoms with Crippen LogP contribution >= 0.6 is 15.9 Å². The number of halogens is 1. The standard InChI is InChI=1S/C14H17BrN2O/c1-3-14(18,11-6-5-7-12(15)10-11)13-8-9-16-17(13)4-2/h5-10,18H,3-4H2,1-2H3. The lowest BCUT2D eigenvalue weighted by Gasteiger charge is -2.28. The zero-order valence-corrected chi connectivity index (χ0v) is 12.2. The molecule has 4 heteroatoms. The van der Waals surface area contributed by atoms with Gasteiger partial charge in [-0.05, 0) is 37.1 Å². The maximum Gasteiger partial charge on any atom is 0.131 e. The lowest BCUT2D eigenvalue weighted by molar-refractivity contribution is 0.0666. The molecule has 1 aromatic carbocycles. The summed E-state index contributed by atoms with van der Waals surface area (Å²) in [7, 11) is 0. The van der Waals surface area contributed by atoms with Gasteiger partial charge in [0, 0.05) is 17.2 Å². The Balaban J connectivity index is 2.55. The first-order valence-electron chi connectivity index (χ1n) is 6.12. The fourth-order valence-corrected chi connectivity index (χ4v) is 2.61. The second-order valence-corrected chi connectivity index (χ2v) is 5.17. The van der Waals surface area contributed by atoms with E-state index in [2.05, 4.69) is 21.0 Å². The molecule has 0 bridgehead atoms. The summed E-state index contributed by atoms with van der Waals surface area (Å²) in [5, 5.41) is 15.2. The Hall–Kier alpha value is -1.13. The minimum absolute atomic E-state index is 0.606. The Morgan fingerprint density at radius 2 is 2.11 bits per heavy atom. The molecule has 0 aliphatic carbocycles. The molecule has 18 heavy (non-hydrogen) atoms. The molecular formula is C14H17BrN2O. The van der Waals surface area contributed by atoms with Gasteiger partial charge in [0.2, 0.25) is 0 Å². The van der Waals surface area contributed by atoms with Crippen molar-refractivity contribution in [2.45, 2.75) is 32.4 Å². The lowest BCUT2D eigenvalue weighted by Crippen LogP contribution is -2.29. The largest absolute Gasteiger partial charge is 0.379 e. The summed E-state index contributed by atoms with van der Waals surface area (Å²) >= 11 is 3.45. The van der Waals surface area contributed by atoms with Gasteiger partial charge in [-0.15, -0.1) is 0 Å². The van der Waals surface area contributed by atoms with Gasteiger partial charge < -0.3 is 5.11 Å². The van der Waals surface area contributed by atoms with E-state index in [-0.39, 0.29) is 0 Å². The fourth-order valence-electron chi connectivity index (χ4n) is 2.21. The fraction of sp³-hybridized carbons (Fsp3) is 0.357. The molecule has 0 saturated carbocycles. The number of aliphatic hydroxyl groups is 1. The van der Waals surface area contributed by atoms with Crippen molar-refractivity contribution in [2.75, 3.05) is 0 Å². The van der Waals surface area contributed by atoms with Gasteiger partial charge in [0.05, 0.1) is 5.69 Å². The smallest absolute Gasteiger partial charge is 0.131 e. The lowest BCUT2D eigenvalue weighted by atomic mass is 9.88. The Labute approximate surface area is 116 Å². The molecule has 1 unspecified atom stereocenters. The molecular weight excluding hydrogens is 292 g/mol. The number of rotatable bonds is 4. The summed E-state index contributed by atoms with van der Waals surface area (Å²) in [6.07, 6.45) is 2.34. The summed E-state index contributed by atoms with van der Waals surface area (Å²) < 4.78 is 2.80. The van der Waals surface area contributed by atoms with Crippen LogP contribution in [0.5, 0.6) is 0 Å². The van der Waals surface area contributed by atoms with Gasteiger partial charge in [-0.2, -0.15) is 5.10 Å². The minimum atomic E-state index is -0.990. The van der Waals surface area contributed by atoms with Crippen LogP contribution < -0.4 is 0 Å². The number of benzene rings is 1. The molecule has 0 aliphatic rings. The second kappa shape index (κ2) is 5.24. The molecule has 1 aromatic heterocycles. The van der Waals surface area contributed by atoms with E-state index in [1.165, 1.54) is 0 Å². The third-order valence-electron chi connectivity index (χ3n) is 3.25. The van der Waals surface area contributed by atoms with Crippen molar-refractivity contribution < 1.29 is 5.11 Å². The van der Waals surface area contributed by atoms with Crippen LogP contribution in [0.1, 0.15) is 31.5 Å². The summed E-state index contributed by atoms with van der Waals surface area (Å²) in [6.45, 7) is 4.75. The third kappa shape index (κ3) is 2.22. The molecule has 0 saturated heterocycles. The average molecular weight is 309 g/mol. The highest BCUT2D eigenvalue weighted by molar-refractivity contribution is 9.10. The van der Waals surface area contributed by atoms with Crippen molar-refractivity contribution in [3.8, 4) is 0 Å². The van der Waals surface area contributed by atoms with Crippen molar-refractivity contribution in [2.24, 2.45) is 0 Å². The molecule has 0 aliphatic heterocycles. The van der Waals surface area contributed by atoms with E-state index in [4.69, 9.17) is 0 Å². The van der Waals surface area contributed by atoms with Crippen LogP contribution in [-0.4, -0.2) is 14.9 Å². The zero-order valence-electron chi connectivity index (χ0n) is 10.6. The van der Waals surface area contributed by atoms with E-state index < -0.39 is 5.60 Å². The highest BCUT2D eigenvalue weighted by Crippen LogP contribution is 2.33. The topological polar surface area (TPSA) is 38.0 Å². The predicted octanol–water partition coefficient (Wildman–Crippen LogP) is 3.31. The van der Waals surface area contributed by atoms with Crippen molar-refractivity contribution in [3.63, 3.8) is 0 Å². The third-order valence-corrected chi connectivity index (χ3v) is 3.75. The van der Waals surface area contributed by atoms with E-state index in [1.807, 2.05) is 48.9 Å². The van der Waals surface area contributed by atoms with Gasteiger partial charge in [-0.1, -0.05) is 35.0 Å². The Bertz CT molecular complexity index is 538. The summed E-state index contributed by atoms with van der Waals surface area (Å²) in [5.41, 5.74) is 0.733. The van der Waals surface area contributed by atoms with Gasteiger partial charge in [-0.25, -0.2) is 0 Å². The van der Waals surface area contributed by atoms with Gasteiger partial charge in [-0.3, -0.25) is 4.68 Å². The molecule has 2 rings (SSSR count). The minimum Gasteiger partial charge on any atom is -0.379 e. The first-order valence-corrected chi connectivity index (χ1v) is 6.91. The van der Waals surface area contributed by atoms with Crippen molar-refractivity contribution >= 4 is 15.9 Å². The van der Waals surface area contributed by atoms with Crippen molar-refractivity contribution in [1.82, 2.24) is 9.78 Å². The van der Waals surface area contributed by atoms with Crippen LogP contribution in [0, 0.1) is 0 Å². The van der Waals surface area contributed by atoms with Crippen LogP contribution in [-0.2, 0) is 12.1 Å². The van der Waals surface area contributed by atoms with E-state index in [0.717, 1.165) is 22.3 Å². The van der Waals surface area contributed by atoms with Crippen LogP contribution in [0.3, 0.4) is 0 Å². The molecule has 0 amide bonds. The average Bonchev–Trinajstić information content (AvgIpc) is 2.86. The highest BCUT2D eigenvalue weighted by Gasteiger charge is 2.32. The summed E-state index contributed by atoms with van der Waals surface area (Å²) in [5.74, 6) is 0.